The van der Waals surface area contributed by atoms with E-state index in [0.29, 0.717) is 0 Å². The molecule has 8 aromatic carbocycles. The zero-order valence-corrected chi connectivity index (χ0v) is 37.6. The number of hydrogen-bond acceptors (Lipinski definition) is 6. The van der Waals surface area contributed by atoms with E-state index >= 15 is 0 Å². The summed E-state index contributed by atoms with van der Waals surface area (Å²) in [5.74, 6) is 3.27. The average Bonchev–Trinajstić information content (AvgIpc) is 3.56. The Hall–Kier alpha value is -7.44. The molecule has 9 rings (SSSR count). The van der Waals surface area contributed by atoms with Crippen molar-refractivity contribution in [2.45, 2.75) is 38.0 Å². The van der Waals surface area contributed by atoms with Gasteiger partial charge in [0.1, 0.15) is 23.0 Å². The van der Waals surface area contributed by atoms with E-state index in [2.05, 4.69) is 182 Å². The molecule has 0 aromatic heterocycles. The van der Waals surface area contributed by atoms with Gasteiger partial charge in [-0.1, -0.05) is 99.6 Å². The van der Waals surface area contributed by atoms with Crippen molar-refractivity contribution in [3.63, 3.8) is 0 Å². The van der Waals surface area contributed by atoms with Crippen molar-refractivity contribution in [2.24, 2.45) is 0 Å². The zero-order chi connectivity index (χ0) is 44.4. The number of fused-ring (bicyclic) bond motifs is 1. The Morgan fingerprint density at radius 3 is 1.20 bits per heavy atom. The Labute approximate surface area is 377 Å². The van der Waals surface area contributed by atoms with E-state index in [1.54, 1.807) is 28.4 Å². The van der Waals surface area contributed by atoms with Crippen molar-refractivity contribution < 1.29 is 18.9 Å². The molecular formula is C58H54N2O4. The Morgan fingerprint density at radius 1 is 0.375 bits per heavy atom. The standard InChI is InChI=1S/C58H54N2O4/c1-57(2)39-58(3,42-18-20-43(21-19-42)59(44-22-29-49(61-4)30-23-44)46-27-34-55(63-6)51(36-46)40-14-10-8-11-15-40)54-38-48(26-33-53(54)57)60(45-24-31-50(62-5)32-25-45)47-28-35-56(64-7)52(37-47)41-16-12-9-13-17-41/h8-38H,39H2,1-7H3. The van der Waals surface area contributed by atoms with Crippen molar-refractivity contribution in [2.75, 3.05) is 38.2 Å². The fourth-order valence-electron chi connectivity index (χ4n) is 9.74. The maximum Gasteiger partial charge on any atom is 0.126 e. The zero-order valence-electron chi connectivity index (χ0n) is 37.6. The van der Waals surface area contributed by atoms with Crippen molar-refractivity contribution in [3.8, 4) is 45.3 Å². The number of nitrogens with zero attached hydrogens (tertiary/aromatic N) is 2. The lowest BCUT2D eigenvalue weighted by Gasteiger charge is -2.31. The Morgan fingerprint density at radius 2 is 0.766 bits per heavy atom. The van der Waals surface area contributed by atoms with Crippen LogP contribution >= 0.6 is 0 Å². The van der Waals surface area contributed by atoms with Gasteiger partial charge < -0.3 is 28.7 Å². The fraction of sp³-hybridized carbons (Fsp3) is 0.172. The first-order valence-corrected chi connectivity index (χ1v) is 21.7. The highest BCUT2D eigenvalue weighted by Crippen LogP contribution is 2.55. The smallest absolute Gasteiger partial charge is 0.126 e. The molecule has 6 nitrogen and oxygen atoms in total. The molecule has 0 amide bonds. The summed E-state index contributed by atoms with van der Waals surface area (Å²) >= 11 is 0. The number of ether oxygens (including phenoxy) is 4. The van der Waals surface area contributed by atoms with Crippen LogP contribution in [0.2, 0.25) is 0 Å². The Kier molecular flexibility index (Phi) is 11.4. The minimum absolute atomic E-state index is 0.0567. The minimum atomic E-state index is -0.278. The average molecular weight is 843 g/mol. The Bertz CT molecular complexity index is 2880. The van der Waals surface area contributed by atoms with Crippen molar-refractivity contribution in [1.29, 1.82) is 0 Å². The predicted molar refractivity (Wildman–Crippen MR) is 263 cm³/mol. The van der Waals surface area contributed by atoms with Gasteiger partial charge in [0, 0.05) is 50.7 Å². The topological polar surface area (TPSA) is 43.4 Å². The van der Waals surface area contributed by atoms with Gasteiger partial charge in [-0.25, -0.2) is 0 Å². The first kappa shape index (κ1) is 41.9. The van der Waals surface area contributed by atoms with E-state index in [1.807, 2.05) is 36.4 Å². The molecule has 0 radical (unpaired) electrons. The number of benzene rings is 8. The van der Waals surface area contributed by atoms with Crippen molar-refractivity contribution in [3.05, 3.63) is 205 Å². The van der Waals surface area contributed by atoms with Crippen LogP contribution in [-0.2, 0) is 10.8 Å². The van der Waals surface area contributed by atoms with Gasteiger partial charge in [-0.2, -0.15) is 0 Å². The molecule has 6 heteroatoms. The lowest BCUT2D eigenvalue weighted by atomic mass is 9.75. The third-order valence-corrected chi connectivity index (χ3v) is 12.9. The number of rotatable bonds is 13. The van der Waals surface area contributed by atoms with Gasteiger partial charge in [-0.15, -0.1) is 0 Å². The summed E-state index contributed by atoms with van der Waals surface area (Å²) in [4.78, 5) is 4.64. The maximum absolute atomic E-state index is 5.90. The quantitative estimate of drug-likeness (QED) is 0.115. The van der Waals surface area contributed by atoms with Crippen LogP contribution < -0.4 is 28.7 Å². The second kappa shape index (κ2) is 17.4. The van der Waals surface area contributed by atoms with E-state index in [9.17, 15) is 0 Å². The van der Waals surface area contributed by atoms with Crippen LogP contribution in [0.15, 0.2) is 188 Å². The van der Waals surface area contributed by atoms with Crippen molar-refractivity contribution >= 4 is 34.1 Å². The molecule has 0 saturated carbocycles. The third kappa shape index (κ3) is 7.81. The van der Waals surface area contributed by atoms with Crippen LogP contribution in [0.4, 0.5) is 34.1 Å². The lowest BCUT2D eigenvalue weighted by molar-refractivity contribution is 0.414. The van der Waals surface area contributed by atoms with Crippen LogP contribution in [0.25, 0.3) is 22.3 Å². The first-order chi connectivity index (χ1) is 31.1. The van der Waals surface area contributed by atoms with Crippen LogP contribution in [0.1, 0.15) is 43.9 Å². The number of methoxy groups -OCH3 is 4. The molecule has 0 bridgehead atoms. The molecule has 0 saturated heterocycles. The molecule has 1 atom stereocenters. The largest absolute Gasteiger partial charge is 0.497 e. The van der Waals surface area contributed by atoms with E-state index in [-0.39, 0.29) is 10.8 Å². The first-order valence-electron chi connectivity index (χ1n) is 21.7. The molecular weight excluding hydrogens is 789 g/mol. The van der Waals surface area contributed by atoms with Gasteiger partial charge in [0.05, 0.1) is 28.4 Å². The van der Waals surface area contributed by atoms with Crippen molar-refractivity contribution in [1.82, 2.24) is 0 Å². The summed E-state index contributed by atoms with van der Waals surface area (Å²) < 4.78 is 22.9. The normalized spacial score (nSPS) is 14.9. The molecule has 0 fully saturated rings. The SMILES string of the molecule is COc1ccc(N(c2ccc(C3(C)CC(C)(C)c4ccc(N(c5ccc(OC)cc5)c5ccc(OC)c(-c6ccccc6)c5)cc43)cc2)c2ccc(OC)c(-c3ccccc3)c2)cc1. The molecule has 0 aliphatic heterocycles. The number of anilines is 6. The van der Waals surface area contributed by atoms with Gasteiger partial charge in [0.25, 0.3) is 0 Å². The molecule has 8 aromatic rings. The fourth-order valence-corrected chi connectivity index (χ4v) is 9.74. The highest BCUT2D eigenvalue weighted by Gasteiger charge is 2.46. The summed E-state index contributed by atoms with van der Waals surface area (Å²) in [6.07, 6.45) is 0.961. The summed E-state index contributed by atoms with van der Waals surface area (Å²) in [6.45, 7) is 7.16. The van der Waals surface area contributed by atoms with Crippen LogP contribution in [0.5, 0.6) is 23.0 Å². The molecule has 0 N–H and O–H groups in total. The predicted octanol–water partition coefficient (Wildman–Crippen LogP) is 15.0. The minimum Gasteiger partial charge on any atom is -0.497 e. The summed E-state index contributed by atoms with van der Waals surface area (Å²) in [5, 5.41) is 0. The van der Waals surface area contributed by atoms with Crippen LogP contribution in [0.3, 0.4) is 0 Å². The molecule has 1 aliphatic rings. The van der Waals surface area contributed by atoms with E-state index in [0.717, 1.165) is 85.8 Å². The van der Waals surface area contributed by atoms with E-state index < -0.39 is 0 Å². The summed E-state index contributed by atoms with van der Waals surface area (Å²) in [6, 6.07) is 66.4. The summed E-state index contributed by atoms with van der Waals surface area (Å²) in [5.41, 5.74) is 14.1. The third-order valence-electron chi connectivity index (χ3n) is 12.9. The Balaban J connectivity index is 1.14. The van der Waals surface area contributed by atoms with E-state index in [1.165, 1.54) is 16.7 Å². The summed E-state index contributed by atoms with van der Waals surface area (Å²) in [7, 11) is 6.86. The molecule has 320 valence electrons. The second-order valence-corrected chi connectivity index (χ2v) is 17.2. The monoisotopic (exact) mass is 842 g/mol. The molecule has 0 heterocycles. The second-order valence-electron chi connectivity index (χ2n) is 17.2. The molecule has 64 heavy (non-hydrogen) atoms. The van der Waals surface area contributed by atoms with Gasteiger partial charge in [0.15, 0.2) is 0 Å². The molecule has 1 unspecified atom stereocenters. The maximum atomic E-state index is 5.90. The van der Waals surface area contributed by atoms with Crippen LogP contribution in [-0.4, -0.2) is 28.4 Å². The molecule has 0 spiro atoms. The highest BCUT2D eigenvalue weighted by atomic mass is 16.5. The highest BCUT2D eigenvalue weighted by molar-refractivity contribution is 5.85. The van der Waals surface area contributed by atoms with Gasteiger partial charge >= 0.3 is 0 Å². The van der Waals surface area contributed by atoms with Gasteiger partial charge in [-0.3, -0.25) is 0 Å². The van der Waals surface area contributed by atoms with Gasteiger partial charge in [-0.05, 0) is 149 Å². The molecule has 1 aliphatic carbocycles. The van der Waals surface area contributed by atoms with E-state index in [4.69, 9.17) is 18.9 Å². The number of hydrogen-bond donors (Lipinski definition) is 0. The van der Waals surface area contributed by atoms with Crippen LogP contribution in [0, 0.1) is 0 Å². The van der Waals surface area contributed by atoms with Gasteiger partial charge in [0.2, 0.25) is 0 Å². The lowest BCUT2D eigenvalue weighted by Crippen LogP contribution is -2.23.